The molecule has 236 valence electrons. The molecule has 1 aromatic rings. The molecule has 1 saturated carbocycles. The van der Waals surface area contributed by atoms with Crippen LogP contribution in [-0.4, -0.2) is 104 Å². The van der Waals surface area contributed by atoms with Crippen LogP contribution in [0.3, 0.4) is 0 Å². The molecular weight excluding hydrogens is 550 g/mol. The molecule has 3 N–H and O–H groups in total. The highest BCUT2D eigenvalue weighted by Gasteiger charge is 2.36. The number of nitrogens with one attached hydrogen (secondary N) is 3. The number of carbonyl (C=O) groups excluding carboxylic acids is 4. The van der Waals surface area contributed by atoms with E-state index in [1.165, 1.54) is 0 Å². The highest BCUT2D eigenvalue weighted by Crippen LogP contribution is 2.22. The second kappa shape index (κ2) is 15.5. The van der Waals surface area contributed by atoms with Crippen LogP contribution in [0, 0.1) is 0 Å². The molecule has 3 heterocycles. The maximum atomic E-state index is 14.0. The Balaban J connectivity index is 1.38. The van der Waals surface area contributed by atoms with E-state index in [-0.39, 0.29) is 29.7 Å². The summed E-state index contributed by atoms with van der Waals surface area (Å²) in [5, 5.41) is 9.15. The van der Waals surface area contributed by atoms with Gasteiger partial charge in [0.05, 0.1) is 19.8 Å². The summed E-state index contributed by atoms with van der Waals surface area (Å²) in [6, 6.07) is 5.48. The smallest absolute Gasteiger partial charge is 0.243 e. The van der Waals surface area contributed by atoms with Crippen molar-refractivity contribution < 1.29 is 28.7 Å². The summed E-state index contributed by atoms with van der Waals surface area (Å²) in [6.07, 6.45) is 7.81. The summed E-state index contributed by atoms with van der Waals surface area (Å²) in [4.78, 5) is 57.9. The summed E-state index contributed by atoms with van der Waals surface area (Å²) < 4.78 is 11.5. The quantitative estimate of drug-likeness (QED) is 0.454. The number of benzene rings is 1. The number of ether oxygens (including phenoxy) is 2. The molecule has 11 nitrogen and oxygen atoms in total. The standard InChI is InChI=1S/C32H47N5O6/c38-29-12-6-14-37(29)28-22-23-7-5-10-25(21-23)43-18-4-3-11-26(30(39)33-24-8-1-2-9-24)34-31(40)27(35-32(28)41)13-15-36-16-19-42-20-17-36/h5,7,10,21,24,26-28H,1-4,6,8-9,11-20,22H2,(H,33,39)(H,34,40)(H,35,41)/t26-,27-,28-/m0/s1. The van der Waals surface area contributed by atoms with Crippen LogP contribution in [0.4, 0.5) is 0 Å². The van der Waals surface area contributed by atoms with Gasteiger partial charge in [0.25, 0.3) is 0 Å². The van der Waals surface area contributed by atoms with Gasteiger partial charge in [-0.25, -0.2) is 0 Å². The highest BCUT2D eigenvalue weighted by atomic mass is 16.5. The number of fused-ring (bicyclic) bond motifs is 2. The molecular formula is C32H47N5O6. The number of hydrogen-bond donors (Lipinski definition) is 3. The lowest BCUT2D eigenvalue weighted by Crippen LogP contribution is -2.58. The van der Waals surface area contributed by atoms with Crippen LogP contribution >= 0.6 is 0 Å². The van der Waals surface area contributed by atoms with E-state index in [9.17, 15) is 19.2 Å². The first-order valence-corrected chi connectivity index (χ1v) is 16.2. The molecule has 3 aliphatic heterocycles. The lowest BCUT2D eigenvalue weighted by atomic mass is 10.0. The summed E-state index contributed by atoms with van der Waals surface area (Å²) in [7, 11) is 0. The van der Waals surface area contributed by atoms with E-state index in [0.29, 0.717) is 77.2 Å². The zero-order valence-electron chi connectivity index (χ0n) is 25.2. The Kier molecular flexibility index (Phi) is 11.3. The normalized spacial score (nSPS) is 26.9. The van der Waals surface area contributed by atoms with Crippen LogP contribution in [0.25, 0.3) is 0 Å². The van der Waals surface area contributed by atoms with E-state index in [2.05, 4.69) is 20.9 Å². The molecule has 43 heavy (non-hydrogen) atoms. The van der Waals surface area contributed by atoms with Gasteiger partial charge in [-0.3, -0.25) is 24.1 Å². The van der Waals surface area contributed by atoms with Gasteiger partial charge < -0.3 is 30.3 Å². The van der Waals surface area contributed by atoms with Crippen LogP contribution < -0.4 is 20.7 Å². The van der Waals surface area contributed by atoms with Gasteiger partial charge in [0.1, 0.15) is 23.9 Å². The van der Waals surface area contributed by atoms with Gasteiger partial charge in [-0.2, -0.15) is 0 Å². The number of rotatable bonds is 6. The number of amides is 4. The summed E-state index contributed by atoms with van der Waals surface area (Å²) in [5.41, 5.74) is 0.891. The average molecular weight is 598 g/mol. The van der Waals surface area contributed by atoms with E-state index in [1.807, 2.05) is 24.3 Å². The predicted molar refractivity (Wildman–Crippen MR) is 160 cm³/mol. The lowest BCUT2D eigenvalue weighted by Gasteiger charge is -2.31. The van der Waals surface area contributed by atoms with Crippen molar-refractivity contribution in [1.29, 1.82) is 0 Å². The highest BCUT2D eigenvalue weighted by molar-refractivity contribution is 5.94. The number of nitrogens with zero attached hydrogens (tertiary/aromatic N) is 2. The minimum atomic E-state index is -0.847. The Morgan fingerprint density at radius 2 is 1.70 bits per heavy atom. The zero-order chi connectivity index (χ0) is 30.0. The van der Waals surface area contributed by atoms with Crippen LogP contribution in [0.15, 0.2) is 24.3 Å². The molecule has 2 saturated heterocycles. The minimum absolute atomic E-state index is 0.0556. The Labute approximate surface area is 254 Å². The van der Waals surface area contributed by atoms with Gasteiger partial charge >= 0.3 is 0 Å². The van der Waals surface area contributed by atoms with E-state index in [1.54, 1.807) is 4.90 Å². The van der Waals surface area contributed by atoms with Gasteiger partial charge in [0.15, 0.2) is 0 Å². The second-order valence-corrected chi connectivity index (χ2v) is 12.3. The molecule has 2 bridgehead atoms. The fraction of sp³-hybridized carbons (Fsp3) is 0.688. The first-order valence-electron chi connectivity index (χ1n) is 16.2. The zero-order valence-corrected chi connectivity index (χ0v) is 25.2. The Morgan fingerprint density at radius 1 is 0.907 bits per heavy atom. The molecule has 3 fully saturated rings. The molecule has 0 aromatic heterocycles. The predicted octanol–water partition coefficient (Wildman–Crippen LogP) is 1.53. The van der Waals surface area contributed by atoms with Crippen LogP contribution in [0.5, 0.6) is 5.75 Å². The lowest BCUT2D eigenvalue weighted by molar-refractivity contribution is -0.139. The van der Waals surface area contributed by atoms with Crippen molar-refractivity contribution in [2.24, 2.45) is 0 Å². The third kappa shape index (κ3) is 8.92. The first-order chi connectivity index (χ1) is 21.0. The van der Waals surface area contributed by atoms with Gasteiger partial charge in [-0.15, -0.1) is 0 Å². The summed E-state index contributed by atoms with van der Waals surface area (Å²) in [5.74, 6) is -0.245. The van der Waals surface area contributed by atoms with E-state index < -0.39 is 18.1 Å². The Bertz CT molecular complexity index is 1120. The Morgan fingerprint density at radius 3 is 2.47 bits per heavy atom. The fourth-order valence-corrected chi connectivity index (χ4v) is 6.56. The number of hydrogen-bond acceptors (Lipinski definition) is 7. The van der Waals surface area contributed by atoms with Gasteiger partial charge in [0.2, 0.25) is 23.6 Å². The molecule has 1 aromatic carbocycles. The largest absolute Gasteiger partial charge is 0.494 e. The van der Waals surface area contributed by atoms with Crippen molar-refractivity contribution in [3.8, 4) is 5.75 Å². The number of likely N-dealkylation sites (tertiary alicyclic amines) is 1. The van der Waals surface area contributed by atoms with Gasteiger partial charge in [-0.1, -0.05) is 25.0 Å². The first kappa shape index (κ1) is 31.3. The minimum Gasteiger partial charge on any atom is -0.494 e. The van der Waals surface area contributed by atoms with E-state index in [4.69, 9.17) is 9.47 Å². The Hall–Kier alpha value is -3.18. The monoisotopic (exact) mass is 597 g/mol. The average Bonchev–Trinajstić information content (AvgIpc) is 3.69. The number of morpholine rings is 1. The second-order valence-electron chi connectivity index (χ2n) is 12.3. The van der Waals surface area contributed by atoms with Crippen LogP contribution in [0.2, 0.25) is 0 Å². The molecule has 0 unspecified atom stereocenters. The van der Waals surface area contributed by atoms with Crippen molar-refractivity contribution in [2.75, 3.05) is 46.0 Å². The topological polar surface area (TPSA) is 129 Å². The van der Waals surface area contributed by atoms with Crippen LogP contribution in [-0.2, 0) is 30.3 Å². The van der Waals surface area contributed by atoms with Crippen LogP contribution in [0.1, 0.15) is 69.8 Å². The fourth-order valence-electron chi connectivity index (χ4n) is 6.56. The van der Waals surface area contributed by atoms with E-state index in [0.717, 1.165) is 50.8 Å². The molecule has 4 aliphatic rings. The molecule has 0 radical (unpaired) electrons. The molecule has 0 spiro atoms. The molecule has 11 heteroatoms. The van der Waals surface area contributed by atoms with Crippen molar-refractivity contribution in [2.45, 2.75) is 94.8 Å². The van der Waals surface area contributed by atoms with Gasteiger partial charge in [0, 0.05) is 45.1 Å². The summed E-state index contributed by atoms with van der Waals surface area (Å²) in [6.45, 7) is 4.37. The number of carbonyl (C=O) groups is 4. The summed E-state index contributed by atoms with van der Waals surface area (Å²) >= 11 is 0. The maximum Gasteiger partial charge on any atom is 0.243 e. The van der Waals surface area contributed by atoms with Crippen molar-refractivity contribution in [3.63, 3.8) is 0 Å². The molecule has 5 rings (SSSR count). The molecule has 3 atom stereocenters. The third-order valence-corrected chi connectivity index (χ3v) is 9.08. The molecule has 1 aliphatic carbocycles. The third-order valence-electron chi connectivity index (χ3n) is 9.08. The SMILES string of the molecule is O=C(NC1CCCC1)[C@@H]1CCCCOc2cccc(c2)C[C@H](N2CCCC2=O)C(=O)N[C@@H](CCN2CCOCC2)C(=O)N1. The van der Waals surface area contributed by atoms with Crippen molar-refractivity contribution >= 4 is 23.6 Å². The van der Waals surface area contributed by atoms with Crippen molar-refractivity contribution in [3.05, 3.63) is 29.8 Å². The van der Waals surface area contributed by atoms with Gasteiger partial charge in [-0.05, 0) is 62.6 Å². The maximum absolute atomic E-state index is 14.0. The van der Waals surface area contributed by atoms with E-state index >= 15 is 0 Å². The van der Waals surface area contributed by atoms with Crippen molar-refractivity contribution in [1.82, 2.24) is 25.8 Å². The molecule has 4 amide bonds.